The van der Waals surface area contributed by atoms with Gasteiger partial charge in [0.25, 0.3) is 5.56 Å². The monoisotopic (exact) mass is 591 g/mol. The Morgan fingerprint density at radius 1 is 1.17 bits per heavy atom. The summed E-state index contributed by atoms with van der Waals surface area (Å²) in [7, 11) is 1.65. The highest BCUT2D eigenvalue weighted by Crippen LogP contribution is 2.41. The Bertz CT molecular complexity index is 1680. The number of furan rings is 1. The fourth-order valence-electron chi connectivity index (χ4n) is 6.15. The molecule has 1 aliphatic heterocycles. The number of nitrogens with zero attached hydrogens (tertiary/aromatic N) is 5. The summed E-state index contributed by atoms with van der Waals surface area (Å²) in [4.78, 5) is 36.2. The summed E-state index contributed by atoms with van der Waals surface area (Å²) in [6.45, 7) is 14.9. The molecule has 224 valence electrons. The predicted octanol–water partition coefficient (Wildman–Crippen LogP) is 5.55. The Morgan fingerprint density at radius 3 is 2.62 bits per heavy atom. The molecule has 0 fully saturated rings. The first kappa shape index (κ1) is 30.2. The van der Waals surface area contributed by atoms with Gasteiger partial charge in [0.15, 0.2) is 5.69 Å². The lowest BCUT2D eigenvalue weighted by molar-refractivity contribution is -0.126. The number of rotatable bonds is 9. The summed E-state index contributed by atoms with van der Waals surface area (Å²) in [5.74, 6) is 0.714. The molecule has 10 heteroatoms. The number of carbonyl (C=O) groups is 1. The number of benzene rings is 1. The molecule has 0 saturated heterocycles. The third-order valence-electron chi connectivity index (χ3n) is 8.32. The number of aromatic nitrogens is 2. The zero-order valence-electron chi connectivity index (χ0n) is 25.7. The van der Waals surface area contributed by atoms with Gasteiger partial charge in [0, 0.05) is 55.4 Å². The first-order valence-corrected chi connectivity index (χ1v) is 15.4. The van der Waals surface area contributed by atoms with Gasteiger partial charge in [-0.15, -0.1) is 11.3 Å². The maximum Gasteiger partial charge on any atom is 0.261 e. The number of hydrogen-bond donors (Lipinski definition) is 0. The highest BCUT2D eigenvalue weighted by atomic mass is 32.1. The number of hydroxylamine groups is 2. The average Bonchev–Trinajstić information content (AvgIpc) is 3.52. The maximum absolute atomic E-state index is 13.8. The lowest BCUT2D eigenvalue weighted by Gasteiger charge is -2.41. The number of pyridine rings is 1. The Hall–Kier alpha value is -3.31. The van der Waals surface area contributed by atoms with Crippen molar-refractivity contribution < 1.29 is 9.21 Å². The summed E-state index contributed by atoms with van der Waals surface area (Å²) < 4.78 is 6.93. The standard InChI is InChI=1S/C32H41N5O4S/c1-8-36-26-10-9-24(16-27(26)37(7,40)19-32(5,6)31(36)39)11-12-34(18-28-23(4)33-20-42-28)13-14-35-17-21(2)29-25(30(35)38)15-22(3)41-29/h9-10,15-17,20H,8,11-14,18-19H2,1-7H3. The lowest BCUT2D eigenvalue weighted by atomic mass is 9.91. The highest BCUT2D eigenvalue weighted by Gasteiger charge is 2.43. The van der Waals surface area contributed by atoms with Crippen LogP contribution in [0.25, 0.3) is 11.0 Å². The van der Waals surface area contributed by atoms with Crippen LogP contribution in [-0.4, -0.2) is 53.6 Å². The molecule has 0 N–H and O–H groups in total. The third kappa shape index (κ3) is 5.81. The molecule has 5 rings (SSSR count). The van der Waals surface area contributed by atoms with Crippen LogP contribution < -0.4 is 15.1 Å². The average molecular weight is 592 g/mol. The molecule has 1 atom stereocenters. The van der Waals surface area contributed by atoms with E-state index in [1.165, 1.54) is 4.88 Å². The van der Waals surface area contributed by atoms with Gasteiger partial charge < -0.3 is 23.7 Å². The smallest absolute Gasteiger partial charge is 0.261 e. The van der Waals surface area contributed by atoms with Crippen molar-refractivity contribution in [2.45, 2.75) is 61.1 Å². The summed E-state index contributed by atoms with van der Waals surface area (Å²) in [5.41, 5.74) is 6.06. The van der Waals surface area contributed by atoms with Crippen LogP contribution in [-0.2, 0) is 24.3 Å². The summed E-state index contributed by atoms with van der Waals surface area (Å²) in [5, 5.41) is 14.5. The third-order valence-corrected chi connectivity index (χ3v) is 9.24. The number of quaternary nitrogens is 1. The number of anilines is 1. The molecule has 1 amide bonds. The van der Waals surface area contributed by atoms with E-state index < -0.39 is 10.1 Å². The topological polar surface area (TPSA) is 94.6 Å². The molecular formula is C32H41N5O4S. The second-order valence-electron chi connectivity index (χ2n) is 12.3. The Kier molecular flexibility index (Phi) is 8.19. The van der Waals surface area contributed by atoms with Crippen LogP contribution in [0.1, 0.15) is 48.2 Å². The van der Waals surface area contributed by atoms with Crippen molar-refractivity contribution in [1.29, 1.82) is 0 Å². The number of thiazole rings is 1. The van der Waals surface area contributed by atoms with E-state index in [-0.39, 0.29) is 18.0 Å². The van der Waals surface area contributed by atoms with Crippen LogP contribution in [0, 0.1) is 31.4 Å². The Balaban J connectivity index is 1.39. The van der Waals surface area contributed by atoms with Gasteiger partial charge in [0.2, 0.25) is 5.91 Å². The van der Waals surface area contributed by atoms with Crippen LogP contribution >= 0.6 is 11.3 Å². The normalized spacial score (nSPS) is 18.6. The number of fused-ring (bicyclic) bond motifs is 2. The van der Waals surface area contributed by atoms with Crippen molar-refractivity contribution in [3.63, 3.8) is 0 Å². The molecule has 4 heterocycles. The van der Waals surface area contributed by atoms with Crippen LogP contribution in [0.15, 0.2) is 45.2 Å². The van der Waals surface area contributed by atoms with Crippen LogP contribution in [0.5, 0.6) is 0 Å². The van der Waals surface area contributed by atoms with E-state index in [2.05, 4.69) is 9.88 Å². The molecule has 0 bridgehead atoms. The van der Waals surface area contributed by atoms with Crippen molar-refractivity contribution in [3.05, 3.63) is 79.0 Å². The molecule has 0 radical (unpaired) electrons. The summed E-state index contributed by atoms with van der Waals surface area (Å²) >= 11 is 1.64. The first-order valence-electron chi connectivity index (χ1n) is 14.5. The van der Waals surface area contributed by atoms with E-state index in [1.54, 1.807) is 27.9 Å². The SMILES string of the molecule is CCN1C(=O)C(C)(C)C[N+](C)([O-])c2cc(CCN(CCn3cc(C)c4oc(C)cc4c3=O)Cc3scnc3C)ccc21. The number of amides is 1. The molecule has 0 aliphatic carbocycles. The van der Waals surface area contributed by atoms with Crippen molar-refractivity contribution >= 4 is 39.6 Å². The summed E-state index contributed by atoms with van der Waals surface area (Å²) in [6.07, 6.45) is 2.61. The largest absolute Gasteiger partial charge is 0.627 e. The molecule has 0 saturated carbocycles. The molecular weight excluding hydrogens is 550 g/mol. The van der Waals surface area contributed by atoms with Crippen molar-refractivity contribution in [2.75, 3.05) is 38.1 Å². The Morgan fingerprint density at radius 2 is 1.93 bits per heavy atom. The van der Waals surface area contributed by atoms with Gasteiger partial charge in [-0.2, -0.15) is 0 Å². The zero-order valence-corrected chi connectivity index (χ0v) is 26.5. The maximum atomic E-state index is 13.8. The molecule has 1 aromatic carbocycles. The molecule has 9 nitrogen and oxygen atoms in total. The molecule has 4 aromatic rings. The van der Waals surface area contributed by atoms with Gasteiger partial charge in [0.1, 0.15) is 17.0 Å². The zero-order chi connectivity index (χ0) is 30.4. The lowest BCUT2D eigenvalue weighted by Crippen LogP contribution is -2.49. The Labute approximate surface area is 251 Å². The van der Waals surface area contributed by atoms with E-state index in [4.69, 9.17) is 4.42 Å². The number of hydrogen-bond acceptors (Lipinski definition) is 7. The van der Waals surface area contributed by atoms with E-state index in [9.17, 15) is 14.8 Å². The fraction of sp³-hybridized carbons (Fsp3) is 0.469. The van der Waals surface area contributed by atoms with Gasteiger partial charge in [-0.3, -0.25) is 14.5 Å². The van der Waals surface area contributed by atoms with E-state index >= 15 is 0 Å². The number of aryl methyl sites for hydroxylation is 3. The quantitative estimate of drug-likeness (QED) is 0.187. The first-order chi connectivity index (χ1) is 19.8. The van der Waals surface area contributed by atoms with E-state index in [0.717, 1.165) is 42.1 Å². The second kappa shape index (κ2) is 11.4. The van der Waals surface area contributed by atoms with Crippen LogP contribution in [0.4, 0.5) is 11.4 Å². The van der Waals surface area contributed by atoms with Crippen LogP contribution in [0.3, 0.4) is 0 Å². The van der Waals surface area contributed by atoms with Crippen LogP contribution in [0.2, 0.25) is 0 Å². The molecule has 1 aliphatic rings. The molecule has 0 spiro atoms. The van der Waals surface area contributed by atoms with Gasteiger partial charge >= 0.3 is 0 Å². The van der Waals surface area contributed by atoms with Gasteiger partial charge in [-0.05, 0) is 65.7 Å². The van der Waals surface area contributed by atoms with Crippen molar-refractivity contribution in [3.8, 4) is 0 Å². The predicted molar refractivity (Wildman–Crippen MR) is 170 cm³/mol. The highest BCUT2D eigenvalue weighted by molar-refractivity contribution is 7.09. The van der Waals surface area contributed by atoms with Gasteiger partial charge in [-0.25, -0.2) is 4.98 Å². The van der Waals surface area contributed by atoms with Crippen molar-refractivity contribution in [2.24, 2.45) is 5.41 Å². The van der Waals surface area contributed by atoms with E-state index in [1.807, 2.05) is 77.5 Å². The van der Waals surface area contributed by atoms with E-state index in [0.29, 0.717) is 42.0 Å². The fourth-order valence-corrected chi connectivity index (χ4v) is 6.97. The second-order valence-corrected chi connectivity index (χ2v) is 13.3. The summed E-state index contributed by atoms with van der Waals surface area (Å²) in [6, 6.07) is 7.77. The molecule has 3 aromatic heterocycles. The van der Waals surface area contributed by atoms with Gasteiger partial charge in [-0.1, -0.05) is 6.07 Å². The number of carbonyl (C=O) groups excluding carboxylic acids is 1. The minimum atomic E-state index is -0.760. The van der Waals surface area contributed by atoms with Gasteiger partial charge in [0.05, 0.1) is 35.6 Å². The van der Waals surface area contributed by atoms with Crippen molar-refractivity contribution in [1.82, 2.24) is 19.1 Å². The molecule has 1 unspecified atom stereocenters. The molecule has 42 heavy (non-hydrogen) atoms. The minimum absolute atomic E-state index is 0.0166. The minimum Gasteiger partial charge on any atom is -0.627 e.